The maximum absolute atomic E-state index is 11.1. The normalized spacial score (nSPS) is 34.3. The molecular weight excluding hydrogens is 114 g/mol. The Morgan fingerprint density at radius 1 is 1.56 bits per heavy atom. The van der Waals surface area contributed by atoms with E-state index in [0.717, 1.165) is 13.0 Å². The smallest absolute Gasteiger partial charge is 0.110 e. The van der Waals surface area contributed by atoms with E-state index in [4.69, 9.17) is 0 Å². The van der Waals surface area contributed by atoms with E-state index < -0.39 is 6.10 Å². The number of piperidine rings is 1. The van der Waals surface area contributed by atoms with Crippen molar-refractivity contribution < 1.29 is 5.11 Å². The first-order valence-corrected chi connectivity index (χ1v) is 3.49. The van der Waals surface area contributed by atoms with Crippen molar-refractivity contribution in [2.75, 3.05) is 13.1 Å². The van der Waals surface area contributed by atoms with E-state index in [1.165, 1.54) is 0 Å². The Hall–Kier alpha value is -0.0800. The average Bonchev–Trinajstić information content (AvgIpc) is 1.77. The molecule has 1 aliphatic rings. The lowest BCUT2D eigenvalue weighted by Crippen LogP contribution is -2.44. The Bertz CT molecular complexity index is 101. The molecule has 53 valence electrons. The van der Waals surface area contributed by atoms with Crippen molar-refractivity contribution in [2.45, 2.75) is 26.4 Å². The first kappa shape index (κ1) is 7.03. The summed E-state index contributed by atoms with van der Waals surface area (Å²) in [6.07, 6.45) is 0.604. The lowest BCUT2D eigenvalue weighted by atomic mass is 9.81. The molecule has 1 aliphatic heterocycles. The monoisotopic (exact) mass is 128 g/mol. The van der Waals surface area contributed by atoms with Crippen LogP contribution in [0.1, 0.15) is 20.3 Å². The van der Waals surface area contributed by atoms with Gasteiger partial charge in [-0.15, -0.1) is 0 Å². The average molecular weight is 128 g/mol. The van der Waals surface area contributed by atoms with Gasteiger partial charge in [-0.25, -0.2) is 5.11 Å². The van der Waals surface area contributed by atoms with Crippen molar-refractivity contribution in [2.24, 2.45) is 5.41 Å². The fourth-order valence-electron chi connectivity index (χ4n) is 1.08. The number of rotatable bonds is 0. The summed E-state index contributed by atoms with van der Waals surface area (Å²) in [6, 6.07) is 0. The lowest BCUT2D eigenvalue weighted by molar-refractivity contribution is -0.0277. The molecule has 0 amide bonds. The molecule has 9 heavy (non-hydrogen) atoms. The number of nitrogens with one attached hydrogen (secondary N) is 1. The molecule has 0 aromatic carbocycles. The van der Waals surface area contributed by atoms with Crippen LogP contribution < -0.4 is 5.32 Å². The zero-order valence-corrected chi connectivity index (χ0v) is 6.11. The summed E-state index contributed by atoms with van der Waals surface area (Å²) in [4.78, 5) is 0. The zero-order chi connectivity index (χ0) is 6.91. The second kappa shape index (κ2) is 2.27. The highest BCUT2D eigenvalue weighted by Crippen LogP contribution is 2.26. The highest BCUT2D eigenvalue weighted by Gasteiger charge is 2.31. The SMILES string of the molecule is CC1(C)CCNCC1[O]. The predicted octanol–water partition coefficient (Wildman–Crippen LogP) is 0.805. The summed E-state index contributed by atoms with van der Waals surface area (Å²) in [6.45, 7) is 5.75. The fourth-order valence-corrected chi connectivity index (χ4v) is 1.08. The van der Waals surface area contributed by atoms with Gasteiger partial charge in [-0.2, -0.15) is 0 Å². The third kappa shape index (κ3) is 1.43. The van der Waals surface area contributed by atoms with Crippen molar-refractivity contribution in [3.05, 3.63) is 0 Å². The van der Waals surface area contributed by atoms with Crippen molar-refractivity contribution in [3.8, 4) is 0 Å². The van der Waals surface area contributed by atoms with Gasteiger partial charge < -0.3 is 5.32 Å². The van der Waals surface area contributed by atoms with Gasteiger partial charge in [-0.3, -0.25) is 0 Å². The van der Waals surface area contributed by atoms with E-state index in [1.54, 1.807) is 0 Å². The van der Waals surface area contributed by atoms with Crippen LogP contribution in [0.5, 0.6) is 0 Å². The van der Waals surface area contributed by atoms with Crippen LogP contribution in [-0.2, 0) is 5.11 Å². The standard InChI is InChI=1S/C7H14NO/c1-7(2)3-4-8-5-6(7)9/h6,8H,3-5H2,1-2H3. The van der Waals surface area contributed by atoms with Gasteiger partial charge in [0.25, 0.3) is 0 Å². The van der Waals surface area contributed by atoms with Crippen LogP contribution in [0.15, 0.2) is 0 Å². The highest BCUT2D eigenvalue weighted by atomic mass is 16.3. The lowest BCUT2D eigenvalue weighted by Gasteiger charge is -2.33. The summed E-state index contributed by atoms with van der Waals surface area (Å²) >= 11 is 0. The summed E-state index contributed by atoms with van der Waals surface area (Å²) < 4.78 is 0. The Labute approximate surface area is 56.3 Å². The van der Waals surface area contributed by atoms with Crippen molar-refractivity contribution in [1.82, 2.24) is 5.32 Å². The second-order valence-electron chi connectivity index (χ2n) is 3.43. The maximum atomic E-state index is 11.1. The summed E-state index contributed by atoms with van der Waals surface area (Å²) in [5.41, 5.74) is 0.0191. The second-order valence-corrected chi connectivity index (χ2v) is 3.43. The molecular formula is C7H14NO. The number of hydrogen-bond acceptors (Lipinski definition) is 1. The summed E-state index contributed by atoms with van der Waals surface area (Å²) in [7, 11) is 0. The molecule has 1 fully saturated rings. The molecule has 0 aromatic rings. The van der Waals surface area contributed by atoms with Crippen molar-refractivity contribution in [3.63, 3.8) is 0 Å². The molecule has 1 radical (unpaired) electrons. The van der Waals surface area contributed by atoms with Gasteiger partial charge in [-0.05, 0) is 18.4 Å². The molecule has 1 rings (SSSR count). The quantitative estimate of drug-likeness (QED) is 0.514. The molecule has 0 bridgehead atoms. The highest BCUT2D eigenvalue weighted by molar-refractivity contribution is 4.83. The molecule has 0 aromatic heterocycles. The molecule has 0 saturated carbocycles. The predicted molar refractivity (Wildman–Crippen MR) is 35.7 cm³/mol. The van der Waals surface area contributed by atoms with Crippen LogP contribution >= 0.6 is 0 Å². The van der Waals surface area contributed by atoms with E-state index in [2.05, 4.69) is 5.32 Å². The van der Waals surface area contributed by atoms with E-state index in [1.807, 2.05) is 13.8 Å². The van der Waals surface area contributed by atoms with Gasteiger partial charge in [-0.1, -0.05) is 13.8 Å². The van der Waals surface area contributed by atoms with Gasteiger partial charge >= 0.3 is 0 Å². The van der Waals surface area contributed by atoms with Crippen LogP contribution in [0.25, 0.3) is 0 Å². The van der Waals surface area contributed by atoms with E-state index in [-0.39, 0.29) is 5.41 Å². The molecule has 1 N–H and O–H groups in total. The van der Waals surface area contributed by atoms with E-state index >= 15 is 0 Å². The topological polar surface area (TPSA) is 31.9 Å². The maximum Gasteiger partial charge on any atom is 0.110 e. The first-order valence-electron chi connectivity index (χ1n) is 3.49. The molecule has 0 spiro atoms. The van der Waals surface area contributed by atoms with Crippen molar-refractivity contribution >= 4 is 0 Å². The molecule has 1 unspecified atom stereocenters. The Morgan fingerprint density at radius 3 is 2.56 bits per heavy atom. The third-order valence-electron chi connectivity index (χ3n) is 2.15. The van der Waals surface area contributed by atoms with Crippen LogP contribution in [0.2, 0.25) is 0 Å². The van der Waals surface area contributed by atoms with Gasteiger partial charge in [0.2, 0.25) is 0 Å². The van der Waals surface area contributed by atoms with Gasteiger partial charge in [0.1, 0.15) is 6.10 Å². The van der Waals surface area contributed by atoms with Crippen LogP contribution in [0.4, 0.5) is 0 Å². The minimum absolute atomic E-state index is 0.0191. The minimum Gasteiger partial charge on any atom is -0.314 e. The van der Waals surface area contributed by atoms with Crippen molar-refractivity contribution in [1.29, 1.82) is 0 Å². The first-order chi connectivity index (χ1) is 4.13. The Balaban J connectivity index is 2.49. The van der Waals surface area contributed by atoms with Crippen LogP contribution in [0, 0.1) is 5.41 Å². The molecule has 2 heteroatoms. The Kier molecular flexibility index (Phi) is 1.78. The van der Waals surface area contributed by atoms with Gasteiger partial charge in [0.05, 0.1) is 0 Å². The minimum atomic E-state index is -0.411. The van der Waals surface area contributed by atoms with E-state index in [9.17, 15) is 5.11 Å². The fraction of sp³-hybridized carbons (Fsp3) is 1.00. The van der Waals surface area contributed by atoms with Crippen LogP contribution in [0.3, 0.4) is 0 Å². The summed E-state index contributed by atoms with van der Waals surface area (Å²) in [5.74, 6) is 0. The third-order valence-corrected chi connectivity index (χ3v) is 2.15. The van der Waals surface area contributed by atoms with Gasteiger partial charge in [0.15, 0.2) is 0 Å². The largest absolute Gasteiger partial charge is 0.314 e. The molecule has 1 atom stereocenters. The molecule has 1 saturated heterocycles. The van der Waals surface area contributed by atoms with Gasteiger partial charge in [0, 0.05) is 6.54 Å². The van der Waals surface area contributed by atoms with E-state index in [0.29, 0.717) is 6.54 Å². The zero-order valence-electron chi connectivity index (χ0n) is 6.11. The summed E-state index contributed by atoms with van der Waals surface area (Å²) in [5, 5.41) is 14.2. The molecule has 1 heterocycles. The molecule has 0 aliphatic carbocycles. The number of hydrogen-bond donors (Lipinski definition) is 1. The van der Waals surface area contributed by atoms with Crippen LogP contribution in [-0.4, -0.2) is 19.2 Å². The molecule has 2 nitrogen and oxygen atoms in total. The Morgan fingerprint density at radius 2 is 2.22 bits per heavy atom.